The lowest BCUT2D eigenvalue weighted by Gasteiger charge is -2.18. The number of aromatic nitrogens is 2. The summed E-state index contributed by atoms with van der Waals surface area (Å²) in [7, 11) is 1.26. The first-order valence-corrected chi connectivity index (χ1v) is 6.84. The number of halogens is 3. The molecular formula is C14H14F3N3O2. The zero-order valence-corrected chi connectivity index (χ0v) is 11.8. The highest BCUT2D eigenvalue weighted by Crippen LogP contribution is 2.33. The number of benzene rings is 1. The number of nitrogens with one attached hydrogen (secondary N) is 1. The summed E-state index contributed by atoms with van der Waals surface area (Å²) in [5, 5.41) is 2.95. The van der Waals surface area contributed by atoms with E-state index in [-0.39, 0.29) is 16.9 Å². The third kappa shape index (κ3) is 2.14. The quantitative estimate of drug-likeness (QED) is 0.862. The first-order valence-electron chi connectivity index (χ1n) is 6.84. The first-order chi connectivity index (χ1) is 10.3. The van der Waals surface area contributed by atoms with Gasteiger partial charge in [-0.15, -0.1) is 0 Å². The van der Waals surface area contributed by atoms with Crippen molar-refractivity contribution in [2.75, 3.05) is 13.1 Å². The molecule has 5 nitrogen and oxygen atoms in total. The van der Waals surface area contributed by atoms with Gasteiger partial charge in [-0.2, -0.15) is 13.2 Å². The summed E-state index contributed by atoms with van der Waals surface area (Å²) >= 11 is 0. The number of hydrogen-bond donors (Lipinski definition) is 1. The summed E-state index contributed by atoms with van der Waals surface area (Å²) in [5.74, 6) is 0. The third-order valence-corrected chi connectivity index (χ3v) is 4.02. The maximum absolute atomic E-state index is 13.1. The van der Waals surface area contributed by atoms with Crippen LogP contribution in [0.3, 0.4) is 0 Å². The van der Waals surface area contributed by atoms with Gasteiger partial charge < -0.3 is 5.32 Å². The Morgan fingerprint density at radius 2 is 2.00 bits per heavy atom. The van der Waals surface area contributed by atoms with Gasteiger partial charge in [-0.25, -0.2) is 4.79 Å². The van der Waals surface area contributed by atoms with E-state index in [1.165, 1.54) is 19.2 Å². The van der Waals surface area contributed by atoms with Crippen LogP contribution in [0.2, 0.25) is 0 Å². The summed E-state index contributed by atoms with van der Waals surface area (Å²) < 4.78 is 41.4. The molecule has 2 heterocycles. The molecule has 1 N–H and O–H groups in total. The minimum absolute atomic E-state index is 0.0937. The molecule has 0 amide bonds. The van der Waals surface area contributed by atoms with E-state index < -0.39 is 23.0 Å². The van der Waals surface area contributed by atoms with Crippen molar-refractivity contribution in [2.24, 2.45) is 7.05 Å². The third-order valence-electron chi connectivity index (χ3n) is 4.02. The summed E-state index contributed by atoms with van der Waals surface area (Å²) in [6.07, 6.45) is -4.03. The van der Waals surface area contributed by atoms with Crippen LogP contribution in [0.15, 0.2) is 27.8 Å². The fraction of sp³-hybridized carbons (Fsp3) is 0.429. The van der Waals surface area contributed by atoms with Gasteiger partial charge in [0.25, 0.3) is 5.56 Å². The molecule has 1 unspecified atom stereocenters. The van der Waals surface area contributed by atoms with Gasteiger partial charge >= 0.3 is 11.9 Å². The molecule has 1 atom stereocenters. The highest BCUT2D eigenvalue weighted by molar-refractivity contribution is 5.82. The first kappa shape index (κ1) is 14.8. The summed E-state index contributed by atoms with van der Waals surface area (Å²) in [6.45, 7) is 1.13. The fourth-order valence-corrected chi connectivity index (χ4v) is 2.96. The molecule has 3 rings (SSSR count). The van der Waals surface area contributed by atoms with E-state index in [1.54, 1.807) is 0 Å². The maximum Gasteiger partial charge on any atom is 0.418 e. The zero-order valence-electron chi connectivity index (χ0n) is 11.8. The molecule has 1 aliphatic rings. The Labute approximate surface area is 123 Å². The Morgan fingerprint density at radius 3 is 2.59 bits per heavy atom. The monoisotopic (exact) mass is 313 g/mol. The van der Waals surface area contributed by atoms with E-state index in [2.05, 4.69) is 5.32 Å². The van der Waals surface area contributed by atoms with E-state index in [9.17, 15) is 22.8 Å². The number of para-hydroxylation sites is 1. The molecule has 0 radical (unpaired) electrons. The molecular weight excluding hydrogens is 299 g/mol. The average Bonchev–Trinajstić information content (AvgIpc) is 2.97. The Bertz CT molecular complexity index is 845. The molecule has 0 bridgehead atoms. The van der Waals surface area contributed by atoms with Crippen molar-refractivity contribution in [2.45, 2.75) is 18.6 Å². The topological polar surface area (TPSA) is 56.0 Å². The van der Waals surface area contributed by atoms with Crippen LogP contribution in [0, 0.1) is 0 Å². The molecule has 1 saturated heterocycles. The fourth-order valence-electron chi connectivity index (χ4n) is 2.96. The number of hydrogen-bond acceptors (Lipinski definition) is 3. The Hall–Kier alpha value is -2.09. The number of nitrogens with zero attached hydrogens (tertiary/aromatic N) is 2. The van der Waals surface area contributed by atoms with E-state index in [0.29, 0.717) is 19.5 Å². The molecule has 0 saturated carbocycles. The molecule has 22 heavy (non-hydrogen) atoms. The summed E-state index contributed by atoms with van der Waals surface area (Å²) in [4.78, 5) is 24.9. The largest absolute Gasteiger partial charge is 0.418 e. The Morgan fingerprint density at radius 1 is 1.27 bits per heavy atom. The lowest BCUT2D eigenvalue weighted by molar-refractivity contribution is -0.136. The second-order valence-corrected chi connectivity index (χ2v) is 5.36. The molecule has 1 fully saturated rings. The van der Waals surface area contributed by atoms with Gasteiger partial charge in [0.05, 0.1) is 22.5 Å². The molecule has 1 aromatic carbocycles. The molecule has 0 aliphatic carbocycles. The number of rotatable bonds is 1. The van der Waals surface area contributed by atoms with Gasteiger partial charge in [-0.3, -0.25) is 13.9 Å². The van der Waals surface area contributed by atoms with Gasteiger partial charge in [-0.05, 0) is 25.1 Å². The van der Waals surface area contributed by atoms with Crippen molar-refractivity contribution in [3.63, 3.8) is 0 Å². The SMILES string of the molecule is Cn1c(=O)n(C2CCNC2)c(=O)c2cccc(C(F)(F)F)c21. The predicted octanol–water partition coefficient (Wildman–Crippen LogP) is 1.25. The van der Waals surface area contributed by atoms with E-state index in [0.717, 1.165) is 15.2 Å². The van der Waals surface area contributed by atoms with Crippen LogP contribution in [0.4, 0.5) is 13.2 Å². The molecule has 1 aliphatic heterocycles. The number of aryl methyl sites for hydroxylation is 1. The zero-order chi connectivity index (χ0) is 16.1. The van der Waals surface area contributed by atoms with Gasteiger partial charge in [-0.1, -0.05) is 6.07 Å². The number of alkyl halides is 3. The van der Waals surface area contributed by atoms with Crippen molar-refractivity contribution in [1.29, 1.82) is 0 Å². The normalized spacial score (nSPS) is 19.0. The van der Waals surface area contributed by atoms with Crippen molar-refractivity contribution in [3.05, 3.63) is 44.6 Å². The molecule has 1 aromatic heterocycles. The lowest BCUT2D eigenvalue weighted by atomic mass is 10.1. The average molecular weight is 313 g/mol. The van der Waals surface area contributed by atoms with Crippen LogP contribution < -0.4 is 16.6 Å². The van der Waals surface area contributed by atoms with Crippen LogP contribution in [0.1, 0.15) is 18.0 Å². The lowest BCUT2D eigenvalue weighted by Crippen LogP contribution is -2.42. The van der Waals surface area contributed by atoms with E-state index in [4.69, 9.17) is 0 Å². The molecule has 0 spiro atoms. The highest BCUT2D eigenvalue weighted by atomic mass is 19.4. The minimum Gasteiger partial charge on any atom is -0.315 e. The van der Waals surface area contributed by atoms with Crippen molar-refractivity contribution in [3.8, 4) is 0 Å². The number of fused-ring (bicyclic) bond motifs is 1. The summed E-state index contributed by atoms with van der Waals surface area (Å²) in [6, 6.07) is 3.06. The second-order valence-electron chi connectivity index (χ2n) is 5.36. The van der Waals surface area contributed by atoms with Crippen LogP contribution in [-0.4, -0.2) is 22.2 Å². The van der Waals surface area contributed by atoms with Gasteiger partial charge in [0, 0.05) is 13.6 Å². The second kappa shape index (κ2) is 4.98. The van der Waals surface area contributed by atoms with Gasteiger partial charge in [0.2, 0.25) is 0 Å². The van der Waals surface area contributed by atoms with Crippen LogP contribution in [-0.2, 0) is 13.2 Å². The van der Waals surface area contributed by atoms with Gasteiger partial charge in [0.15, 0.2) is 0 Å². The molecule has 2 aromatic rings. The maximum atomic E-state index is 13.1. The van der Waals surface area contributed by atoms with Crippen molar-refractivity contribution >= 4 is 10.9 Å². The minimum atomic E-state index is -4.63. The Balaban J connectivity index is 2.42. The van der Waals surface area contributed by atoms with Crippen molar-refractivity contribution < 1.29 is 13.2 Å². The van der Waals surface area contributed by atoms with E-state index >= 15 is 0 Å². The predicted molar refractivity (Wildman–Crippen MR) is 75.0 cm³/mol. The smallest absolute Gasteiger partial charge is 0.315 e. The van der Waals surface area contributed by atoms with Crippen molar-refractivity contribution in [1.82, 2.24) is 14.5 Å². The molecule has 8 heteroatoms. The standard InChI is InChI=1S/C14H14F3N3O2/c1-19-11-9(3-2-4-10(11)14(15,16)17)12(21)20(13(19)22)8-5-6-18-7-8/h2-4,8,18H,5-7H2,1H3. The molecule has 118 valence electrons. The Kier molecular flexibility index (Phi) is 3.36. The van der Waals surface area contributed by atoms with Crippen LogP contribution >= 0.6 is 0 Å². The highest BCUT2D eigenvalue weighted by Gasteiger charge is 2.34. The van der Waals surface area contributed by atoms with Crippen LogP contribution in [0.25, 0.3) is 10.9 Å². The van der Waals surface area contributed by atoms with E-state index in [1.807, 2.05) is 0 Å². The van der Waals surface area contributed by atoms with Crippen LogP contribution in [0.5, 0.6) is 0 Å². The van der Waals surface area contributed by atoms with Gasteiger partial charge in [0.1, 0.15) is 0 Å². The summed E-state index contributed by atoms with van der Waals surface area (Å²) in [5.41, 5.74) is -2.73.